The number of nitrogens with zero attached hydrogens (tertiary/aromatic N) is 1. The molecule has 3 nitrogen and oxygen atoms in total. The lowest BCUT2D eigenvalue weighted by atomic mass is 10.0. The summed E-state index contributed by atoms with van der Waals surface area (Å²) in [5, 5.41) is 13.2. The van der Waals surface area contributed by atoms with E-state index in [0.717, 1.165) is 12.1 Å². The van der Waals surface area contributed by atoms with Gasteiger partial charge < -0.3 is 10.5 Å². The van der Waals surface area contributed by atoms with Crippen LogP contribution in [0.1, 0.15) is 24.9 Å². The highest BCUT2D eigenvalue weighted by Crippen LogP contribution is 2.22. The molecule has 0 aliphatic carbocycles. The van der Waals surface area contributed by atoms with Crippen molar-refractivity contribution in [1.82, 2.24) is 5.43 Å². The molecule has 0 amide bonds. The molecule has 0 bridgehead atoms. The van der Waals surface area contributed by atoms with Crippen LogP contribution < -0.4 is 5.43 Å². The molecule has 0 spiro atoms. The average molecular weight is 176 g/mol. The van der Waals surface area contributed by atoms with Gasteiger partial charge >= 0.3 is 0 Å². The number of hydrazone groups is 1. The fraction of sp³-hybridized carbons (Fsp3) is 0.300. The number of rotatable bonds is 1. The molecule has 0 fully saturated rings. The summed E-state index contributed by atoms with van der Waals surface area (Å²) in [4.78, 5) is 0. The minimum absolute atomic E-state index is 0.278. The maximum Gasteiger partial charge on any atom is 0.115 e. The smallest absolute Gasteiger partial charge is 0.115 e. The molecule has 1 heterocycles. The van der Waals surface area contributed by atoms with Crippen LogP contribution in [0, 0.1) is 0 Å². The fourth-order valence-electron chi connectivity index (χ4n) is 1.47. The number of phenols is 1. The van der Waals surface area contributed by atoms with Crippen molar-refractivity contribution in [2.75, 3.05) is 0 Å². The Balaban J connectivity index is 2.14. The van der Waals surface area contributed by atoms with Gasteiger partial charge in [0.25, 0.3) is 0 Å². The first-order valence-corrected chi connectivity index (χ1v) is 4.33. The summed E-state index contributed by atoms with van der Waals surface area (Å²) in [6, 6.07) is 7.51. The second-order valence-electron chi connectivity index (χ2n) is 3.32. The van der Waals surface area contributed by atoms with Gasteiger partial charge in [-0.05, 0) is 24.6 Å². The van der Waals surface area contributed by atoms with Gasteiger partial charge in [-0.15, -0.1) is 0 Å². The van der Waals surface area contributed by atoms with Crippen molar-refractivity contribution in [2.24, 2.45) is 5.10 Å². The third-order valence-electron chi connectivity index (χ3n) is 2.21. The van der Waals surface area contributed by atoms with Crippen LogP contribution in [-0.2, 0) is 0 Å². The lowest BCUT2D eigenvalue weighted by Crippen LogP contribution is -2.09. The first-order chi connectivity index (χ1) is 6.25. The predicted octanol–water partition coefficient (Wildman–Crippen LogP) is 1.80. The van der Waals surface area contributed by atoms with E-state index < -0.39 is 0 Å². The molecule has 3 heteroatoms. The molecule has 2 N–H and O–H groups in total. The van der Waals surface area contributed by atoms with E-state index >= 15 is 0 Å². The van der Waals surface area contributed by atoms with Crippen molar-refractivity contribution in [3.8, 4) is 5.75 Å². The van der Waals surface area contributed by atoms with Gasteiger partial charge in [-0.3, -0.25) is 0 Å². The summed E-state index contributed by atoms with van der Waals surface area (Å²) in [5.74, 6) is 0.305. The first-order valence-electron chi connectivity index (χ1n) is 4.33. The summed E-state index contributed by atoms with van der Waals surface area (Å²) < 4.78 is 0. The van der Waals surface area contributed by atoms with E-state index in [2.05, 4.69) is 10.5 Å². The van der Waals surface area contributed by atoms with Gasteiger partial charge in [-0.25, -0.2) is 0 Å². The highest BCUT2D eigenvalue weighted by atomic mass is 16.3. The molecular weight excluding hydrogens is 164 g/mol. The lowest BCUT2D eigenvalue weighted by molar-refractivity contribution is 0.474. The number of aromatic hydroxyl groups is 1. The molecule has 13 heavy (non-hydrogen) atoms. The monoisotopic (exact) mass is 176 g/mol. The number of hydrogen-bond acceptors (Lipinski definition) is 3. The lowest BCUT2D eigenvalue weighted by Gasteiger charge is -2.09. The van der Waals surface area contributed by atoms with E-state index in [1.165, 1.54) is 5.56 Å². The zero-order chi connectivity index (χ0) is 9.26. The SMILES string of the molecule is CC1=NN[C@H](c2ccc(O)cc2)C1. The van der Waals surface area contributed by atoms with Crippen LogP contribution in [0.4, 0.5) is 0 Å². The maximum atomic E-state index is 9.10. The van der Waals surface area contributed by atoms with E-state index in [0.29, 0.717) is 5.75 Å². The molecule has 1 aromatic carbocycles. The number of hydrogen-bond donors (Lipinski definition) is 2. The topological polar surface area (TPSA) is 44.6 Å². The number of nitrogens with one attached hydrogen (secondary N) is 1. The van der Waals surface area contributed by atoms with Crippen LogP contribution in [0.3, 0.4) is 0 Å². The van der Waals surface area contributed by atoms with Crippen LogP contribution >= 0.6 is 0 Å². The van der Waals surface area contributed by atoms with E-state index in [9.17, 15) is 0 Å². The van der Waals surface area contributed by atoms with Gasteiger partial charge in [-0.2, -0.15) is 5.10 Å². The summed E-state index contributed by atoms with van der Waals surface area (Å²) >= 11 is 0. The Morgan fingerprint density at radius 1 is 1.38 bits per heavy atom. The Morgan fingerprint density at radius 3 is 2.62 bits per heavy atom. The minimum atomic E-state index is 0.278. The van der Waals surface area contributed by atoms with E-state index in [-0.39, 0.29) is 6.04 Å². The van der Waals surface area contributed by atoms with Crippen molar-refractivity contribution in [1.29, 1.82) is 0 Å². The highest BCUT2D eigenvalue weighted by molar-refractivity contribution is 5.83. The van der Waals surface area contributed by atoms with Crippen LogP contribution in [0.5, 0.6) is 5.75 Å². The minimum Gasteiger partial charge on any atom is -0.508 e. The van der Waals surface area contributed by atoms with Gasteiger partial charge in [0.1, 0.15) is 5.75 Å². The normalized spacial score (nSPS) is 21.0. The quantitative estimate of drug-likeness (QED) is 0.685. The van der Waals surface area contributed by atoms with E-state index in [1.807, 2.05) is 19.1 Å². The Bertz CT molecular complexity index is 329. The van der Waals surface area contributed by atoms with Crippen LogP contribution in [0.25, 0.3) is 0 Å². The summed E-state index contributed by atoms with van der Waals surface area (Å²) in [6.07, 6.45) is 0.949. The summed E-state index contributed by atoms with van der Waals surface area (Å²) in [6.45, 7) is 2.01. The van der Waals surface area contributed by atoms with Crippen LogP contribution in [0.2, 0.25) is 0 Å². The van der Waals surface area contributed by atoms with Gasteiger partial charge in [0, 0.05) is 12.1 Å². The third-order valence-corrected chi connectivity index (χ3v) is 2.21. The average Bonchev–Trinajstić information content (AvgIpc) is 2.53. The molecule has 0 aromatic heterocycles. The molecule has 0 saturated carbocycles. The van der Waals surface area contributed by atoms with Crippen molar-refractivity contribution in [3.63, 3.8) is 0 Å². The van der Waals surface area contributed by atoms with Crippen molar-refractivity contribution < 1.29 is 5.11 Å². The molecule has 0 unspecified atom stereocenters. The first kappa shape index (κ1) is 8.10. The van der Waals surface area contributed by atoms with Crippen molar-refractivity contribution >= 4 is 5.71 Å². The molecule has 2 rings (SSSR count). The second-order valence-corrected chi connectivity index (χ2v) is 3.32. The summed E-state index contributed by atoms with van der Waals surface area (Å²) in [5.41, 5.74) is 5.34. The molecule has 68 valence electrons. The predicted molar refractivity (Wildman–Crippen MR) is 51.7 cm³/mol. The molecule has 0 radical (unpaired) electrons. The third kappa shape index (κ3) is 1.64. The molecule has 0 saturated heterocycles. The molecule has 1 aliphatic rings. The number of benzene rings is 1. The van der Waals surface area contributed by atoms with Crippen molar-refractivity contribution in [2.45, 2.75) is 19.4 Å². The second kappa shape index (κ2) is 3.09. The molecule has 1 aliphatic heterocycles. The Morgan fingerprint density at radius 2 is 2.08 bits per heavy atom. The molecule has 1 atom stereocenters. The van der Waals surface area contributed by atoms with Gasteiger partial charge in [-0.1, -0.05) is 12.1 Å². The van der Waals surface area contributed by atoms with Crippen molar-refractivity contribution in [3.05, 3.63) is 29.8 Å². The molecule has 1 aromatic rings. The number of phenolic OH excluding ortho intramolecular Hbond substituents is 1. The Hall–Kier alpha value is -1.51. The Kier molecular flexibility index (Phi) is 1.93. The van der Waals surface area contributed by atoms with Crippen LogP contribution in [0.15, 0.2) is 29.4 Å². The fourth-order valence-corrected chi connectivity index (χ4v) is 1.47. The Labute approximate surface area is 77.1 Å². The van der Waals surface area contributed by atoms with E-state index in [1.54, 1.807) is 12.1 Å². The zero-order valence-corrected chi connectivity index (χ0v) is 7.49. The standard InChI is InChI=1S/C10H12N2O/c1-7-6-10(12-11-7)8-2-4-9(13)5-3-8/h2-5,10,12-13H,6H2,1H3/t10-/m0/s1. The zero-order valence-electron chi connectivity index (χ0n) is 7.49. The van der Waals surface area contributed by atoms with Crippen LogP contribution in [-0.4, -0.2) is 10.8 Å². The molecular formula is C10H12N2O. The van der Waals surface area contributed by atoms with Gasteiger partial charge in [0.15, 0.2) is 0 Å². The van der Waals surface area contributed by atoms with Gasteiger partial charge in [0.2, 0.25) is 0 Å². The van der Waals surface area contributed by atoms with E-state index in [4.69, 9.17) is 5.11 Å². The summed E-state index contributed by atoms with van der Waals surface area (Å²) in [7, 11) is 0. The highest BCUT2D eigenvalue weighted by Gasteiger charge is 2.16. The van der Waals surface area contributed by atoms with Gasteiger partial charge in [0.05, 0.1) is 6.04 Å². The largest absolute Gasteiger partial charge is 0.508 e. The maximum absolute atomic E-state index is 9.10.